The van der Waals surface area contributed by atoms with E-state index in [0.717, 1.165) is 30.0 Å². The molecule has 0 aliphatic rings. The Morgan fingerprint density at radius 1 is 1.44 bits per heavy atom. The van der Waals surface area contributed by atoms with Crippen molar-refractivity contribution in [3.63, 3.8) is 0 Å². The summed E-state index contributed by atoms with van der Waals surface area (Å²) in [5.41, 5.74) is 2.39. The van der Waals surface area contributed by atoms with E-state index in [1.165, 1.54) is 10.9 Å². The van der Waals surface area contributed by atoms with Crippen molar-refractivity contribution in [2.75, 3.05) is 7.05 Å². The van der Waals surface area contributed by atoms with E-state index in [0.29, 0.717) is 0 Å². The molecular weight excluding hydrogens is 248 g/mol. The SMILES string of the molecule is CNCc1cn(CCC(C)O)c2cc(Cl)ccc12. The van der Waals surface area contributed by atoms with E-state index >= 15 is 0 Å². The maximum absolute atomic E-state index is 9.40. The number of nitrogens with one attached hydrogen (secondary N) is 1. The topological polar surface area (TPSA) is 37.2 Å². The van der Waals surface area contributed by atoms with Gasteiger partial charge in [-0.15, -0.1) is 0 Å². The molecule has 1 aromatic heterocycles. The van der Waals surface area contributed by atoms with E-state index in [4.69, 9.17) is 11.6 Å². The van der Waals surface area contributed by atoms with Gasteiger partial charge in [0.2, 0.25) is 0 Å². The van der Waals surface area contributed by atoms with Gasteiger partial charge in [-0.25, -0.2) is 0 Å². The second-order valence-corrected chi connectivity index (χ2v) is 5.11. The fourth-order valence-electron chi connectivity index (χ4n) is 2.18. The summed E-state index contributed by atoms with van der Waals surface area (Å²) in [5, 5.41) is 14.5. The molecule has 0 amide bonds. The van der Waals surface area contributed by atoms with Crippen LogP contribution in [0, 0.1) is 0 Å². The lowest BCUT2D eigenvalue weighted by Crippen LogP contribution is -2.06. The van der Waals surface area contributed by atoms with Crippen molar-refractivity contribution in [1.29, 1.82) is 0 Å². The van der Waals surface area contributed by atoms with E-state index in [9.17, 15) is 5.11 Å². The average Bonchev–Trinajstić information content (AvgIpc) is 2.65. The highest BCUT2D eigenvalue weighted by Gasteiger charge is 2.09. The van der Waals surface area contributed by atoms with Crippen molar-refractivity contribution < 1.29 is 5.11 Å². The Labute approximate surface area is 112 Å². The average molecular weight is 267 g/mol. The molecule has 0 aliphatic carbocycles. The Morgan fingerprint density at radius 2 is 2.22 bits per heavy atom. The second-order valence-electron chi connectivity index (χ2n) is 4.68. The van der Waals surface area contributed by atoms with Crippen LogP contribution in [0.4, 0.5) is 0 Å². The van der Waals surface area contributed by atoms with Crippen LogP contribution in [-0.4, -0.2) is 22.8 Å². The zero-order valence-electron chi connectivity index (χ0n) is 10.8. The van der Waals surface area contributed by atoms with Gasteiger partial charge >= 0.3 is 0 Å². The van der Waals surface area contributed by atoms with Crippen LogP contribution >= 0.6 is 11.6 Å². The molecule has 0 aliphatic heterocycles. The van der Waals surface area contributed by atoms with Crippen molar-refractivity contribution in [2.45, 2.75) is 32.5 Å². The molecule has 3 nitrogen and oxygen atoms in total. The smallest absolute Gasteiger partial charge is 0.0529 e. The molecule has 0 spiro atoms. The lowest BCUT2D eigenvalue weighted by molar-refractivity contribution is 0.178. The van der Waals surface area contributed by atoms with Gasteiger partial charge in [0.25, 0.3) is 0 Å². The molecule has 0 radical (unpaired) electrons. The van der Waals surface area contributed by atoms with Crippen LogP contribution in [-0.2, 0) is 13.1 Å². The van der Waals surface area contributed by atoms with Gasteiger partial charge in [-0.05, 0) is 38.1 Å². The maximum atomic E-state index is 9.40. The molecule has 4 heteroatoms. The quantitative estimate of drug-likeness (QED) is 0.873. The summed E-state index contributed by atoms with van der Waals surface area (Å²) in [6.45, 7) is 3.45. The van der Waals surface area contributed by atoms with Crippen LogP contribution in [0.1, 0.15) is 18.9 Å². The number of nitrogens with zero attached hydrogens (tertiary/aromatic N) is 1. The monoisotopic (exact) mass is 266 g/mol. The van der Waals surface area contributed by atoms with Gasteiger partial charge < -0.3 is 15.0 Å². The highest BCUT2D eigenvalue weighted by atomic mass is 35.5. The molecule has 18 heavy (non-hydrogen) atoms. The first-order chi connectivity index (χ1) is 8.61. The number of hydrogen-bond acceptors (Lipinski definition) is 2. The third-order valence-corrected chi connectivity index (χ3v) is 3.32. The number of fused-ring (bicyclic) bond motifs is 1. The number of aliphatic hydroxyl groups excluding tert-OH is 1. The highest BCUT2D eigenvalue weighted by Crippen LogP contribution is 2.25. The lowest BCUT2D eigenvalue weighted by atomic mass is 10.2. The molecule has 1 aromatic carbocycles. The number of aryl methyl sites for hydroxylation is 1. The Balaban J connectivity index is 2.41. The van der Waals surface area contributed by atoms with Gasteiger partial charge in [0.1, 0.15) is 0 Å². The zero-order valence-corrected chi connectivity index (χ0v) is 11.5. The molecule has 0 bridgehead atoms. The van der Waals surface area contributed by atoms with E-state index in [1.54, 1.807) is 0 Å². The molecule has 2 N–H and O–H groups in total. The van der Waals surface area contributed by atoms with Crippen LogP contribution in [0.5, 0.6) is 0 Å². The summed E-state index contributed by atoms with van der Waals surface area (Å²) in [6, 6.07) is 5.96. The summed E-state index contributed by atoms with van der Waals surface area (Å²) in [7, 11) is 1.94. The first kappa shape index (κ1) is 13.4. The molecule has 0 saturated heterocycles. The molecule has 0 fully saturated rings. The summed E-state index contributed by atoms with van der Waals surface area (Å²) >= 11 is 6.06. The fraction of sp³-hybridized carbons (Fsp3) is 0.429. The van der Waals surface area contributed by atoms with Crippen molar-refractivity contribution in [3.05, 3.63) is 35.0 Å². The molecule has 1 atom stereocenters. The number of halogens is 1. The number of aromatic nitrogens is 1. The van der Waals surface area contributed by atoms with Gasteiger partial charge in [0.15, 0.2) is 0 Å². The van der Waals surface area contributed by atoms with Crippen LogP contribution in [0.3, 0.4) is 0 Å². The standard InChI is InChI=1S/C14H19ClN2O/c1-10(18)5-6-17-9-11(8-16-2)13-4-3-12(15)7-14(13)17/h3-4,7,9-10,16,18H,5-6,8H2,1-2H3. The molecule has 2 rings (SSSR count). The zero-order chi connectivity index (χ0) is 13.1. The minimum atomic E-state index is -0.283. The number of benzene rings is 1. The summed E-state index contributed by atoms with van der Waals surface area (Å²) in [4.78, 5) is 0. The fourth-order valence-corrected chi connectivity index (χ4v) is 2.35. The Kier molecular flexibility index (Phi) is 4.27. The Hall–Kier alpha value is -1.03. The van der Waals surface area contributed by atoms with E-state index in [-0.39, 0.29) is 6.10 Å². The Morgan fingerprint density at radius 3 is 2.89 bits per heavy atom. The minimum Gasteiger partial charge on any atom is -0.393 e. The minimum absolute atomic E-state index is 0.283. The first-order valence-electron chi connectivity index (χ1n) is 6.21. The van der Waals surface area contributed by atoms with Gasteiger partial charge in [-0.1, -0.05) is 17.7 Å². The Bertz CT molecular complexity index is 534. The molecule has 2 aromatic rings. The largest absolute Gasteiger partial charge is 0.393 e. The van der Waals surface area contributed by atoms with Crippen molar-refractivity contribution >= 4 is 22.5 Å². The lowest BCUT2D eigenvalue weighted by Gasteiger charge is -2.07. The predicted octanol–water partition coefficient (Wildman–Crippen LogP) is 2.79. The van der Waals surface area contributed by atoms with Gasteiger partial charge in [0, 0.05) is 35.2 Å². The summed E-state index contributed by atoms with van der Waals surface area (Å²) < 4.78 is 2.17. The molecular formula is C14H19ClN2O. The van der Waals surface area contributed by atoms with E-state index in [1.807, 2.05) is 26.1 Å². The van der Waals surface area contributed by atoms with Crippen LogP contribution in [0.2, 0.25) is 5.02 Å². The molecule has 1 heterocycles. The van der Waals surface area contributed by atoms with Crippen molar-refractivity contribution in [1.82, 2.24) is 9.88 Å². The number of aliphatic hydroxyl groups is 1. The van der Waals surface area contributed by atoms with Crippen molar-refractivity contribution in [2.24, 2.45) is 0 Å². The molecule has 1 unspecified atom stereocenters. The van der Waals surface area contributed by atoms with Gasteiger partial charge in [-0.3, -0.25) is 0 Å². The normalized spacial score (nSPS) is 13.1. The number of rotatable bonds is 5. The highest BCUT2D eigenvalue weighted by molar-refractivity contribution is 6.31. The second kappa shape index (κ2) is 5.74. The molecule has 98 valence electrons. The van der Waals surface area contributed by atoms with Crippen LogP contribution in [0.25, 0.3) is 10.9 Å². The predicted molar refractivity (Wildman–Crippen MR) is 76.0 cm³/mol. The third-order valence-electron chi connectivity index (χ3n) is 3.08. The summed E-state index contributed by atoms with van der Waals surface area (Å²) in [6.07, 6.45) is 2.60. The van der Waals surface area contributed by atoms with Crippen molar-refractivity contribution in [3.8, 4) is 0 Å². The number of hydrogen-bond donors (Lipinski definition) is 2. The first-order valence-corrected chi connectivity index (χ1v) is 6.59. The van der Waals surface area contributed by atoms with Gasteiger partial charge in [0.05, 0.1) is 6.10 Å². The summed E-state index contributed by atoms with van der Waals surface area (Å²) in [5.74, 6) is 0. The van der Waals surface area contributed by atoms with E-state index < -0.39 is 0 Å². The van der Waals surface area contributed by atoms with Crippen LogP contribution in [0.15, 0.2) is 24.4 Å². The third kappa shape index (κ3) is 2.86. The van der Waals surface area contributed by atoms with Gasteiger partial charge in [-0.2, -0.15) is 0 Å². The van der Waals surface area contributed by atoms with Crippen LogP contribution < -0.4 is 5.32 Å². The molecule has 0 saturated carbocycles. The van der Waals surface area contributed by atoms with E-state index in [2.05, 4.69) is 22.1 Å². The maximum Gasteiger partial charge on any atom is 0.0529 e.